The fourth-order valence-electron chi connectivity index (χ4n) is 3.26. The molecule has 1 aliphatic carbocycles. The Morgan fingerprint density at radius 3 is 2.28 bits per heavy atom. The molecule has 1 fully saturated rings. The van der Waals surface area contributed by atoms with Gasteiger partial charge in [0.15, 0.2) is 0 Å². The highest BCUT2D eigenvalue weighted by molar-refractivity contribution is 5.39. The highest BCUT2D eigenvalue weighted by Crippen LogP contribution is 2.29. The Labute approximate surface area is 112 Å². The molecule has 2 rings (SSSR count). The van der Waals surface area contributed by atoms with Gasteiger partial charge < -0.3 is 5.32 Å². The molecule has 0 aliphatic heterocycles. The van der Waals surface area contributed by atoms with Crippen LogP contribution in [0.25, 0.3) is 0 Å². The second-order valence-electron chi connectivity index (χ2n) is 6.07. The first kappa shape index (κ1) is 13.6. The molecule has 0 amide bonds. The van der Waals surface area contributed by atoms with E-state index in [1.165, 1.54) is 54.5 Å². The summed E-state index contributed by atoms with van der Waals surface area (Å²) in [5.41, 5.74) is 5.72. The lowest BCUT2D eigenvalue weighted by molar-refractivity contribution is 0.288. The van der Waals surface area contributed by atoms with Gasteiger partial charge in [0.05, 0.1) is 0 Å². The first-order chi connectivity index (χ1) is 8.58. The van der Waals surface area contributed by atoms with Gasteiger partial charge in [-0.2, -0.15) is 0 Å². The maximum absolute atomic E-state index is 3.70. The molecule has 0 spiro atoms. The number of rotatable bonds is 5. The normalized spacial score (nSPS) is 17.6. The van der Waals surface area contributed by atoms with Crippen LogP contribution >= 0.6 is 0 Å². The third kappa shape index (κ3) is 3.14. The molecule has 0 saturated heterocycles. The van der Waals surface area contributed by atoms with Crippen molar-refractivity contribution in [2.75, 3.05) is 6.54 Å². The van der Waals surface area contributed by atoms with Crippen LogP contribution in [-0.4, -0.2) is 6.54 Å². The molecule has 1 aliphatic rings. The fourth-order valence-corrected chi connectivity index (χ4v) is 3.26. The van der Waals surface area contributed by atoms with Gasteiger partial charge in [0.25, 0.3) is 0 Å². The van der Waals surface area contributed by atoms with Crippen LogP contribution in [0.3, 0.4) is 0 Å². The first-order valence-corrected chi connectivity index (χ1v) is 7.39. The van der Waals surface area contributed by atoms with Crippen molar-refractivity contribution in [2.45, 2.75) is 59.4 Å². The van der Waals surface area contributed by atoms with E-state index in [0.717, 1.165) is 5.92 Å². The lowest BCUT2D eigenvalue weighted by atomic mass is 9.83. The van der Waals surface area contributed by atoms with Gasteiger partial charge in [-0.15, -0.1) is 0 Å². The zero-order chi connectivity index (χ0) is 13.1. The molecule has 0 aromatic heterocycles. The molecule has 18 heavy (non-hydrogen) atoms. The molecule has 1 aromatic rings. The quantitative estimate of drug-likeness (QED) is 0.808. The van der Waals surface area contributed by atoms with E-state index in [1.807, 2.05) is 0 Å². The Morgan fingerprint density at radius 1 is 1.17 bits per heavy atom. The maximum Gasteiger partial charge on any atom is 0.0297 e. The Balaban J connectivity index is 1.93. The predicted octanol–water partition coefficient (Wildman–Crippen LogP) is 4.45. The third-order valence-corrected chi connectivity index (χ3v) is 4.40. The van der Waals surface area contributed by atoms with E-state index in [2.05, 4.69) is 45.1 Å². The minimum atomic E-state index is 0.477. The number of aryl methyl sites for hydroxylation is 3. The molecule has 0 radical (unpaired) electrons. The Morgan fingerprint density at radius 2 is 1.78 bits per heavy atom. The van der Waals surface area contributed by atoms with Crippen molar-refractivity contribution in [3.63, 3.8) is 0 Å². The topological polar surface area (TPSA) is 12.0 Å². The van der Waals surface area contributed by atoms with E-state index < -0.39 is 0 Å². The summed E-state index contributed by atoms with van der Waals surface area (Å²) in [6, 6.07) is 5.07. The van der Waals surface area contributed by atoms with E-state index in [0.29, 0.717) is 6.04 Å². The van der Waals surface area contributed by atoms with Crippen molar-refractivity contribution in [2.24, 2.45) is 5.92 Å². The van der Waals surface area contributed by atoms with E-state index in [4.69, 9.17) is 0 Å². The average Bonchev–Trinajstić information content (AvgIpc) is 2.20. The predicted molar refractivity (Wildman–Crippen MR) is 79.0 cm³/mol. The molecule has 1 saturated carbocycles. The van der Waals surface area contributed by atoms with Gasteiger partial charge in [0.1, 0.15) is 0 Å². The van der Waals surface area contributed by atoms with Crippen molar-refractivity contribution in [1.29, 1.82) is 0 Å². The molecule has 1 aromatic carbocycles. The van der Waals surface area contributed by atoms with Crippen LogP contribution in [0.1, 0.15) is 60.9 Å². The summed E-state index contributed by atoms with van der Waals surface area (Å²) in [4.78, 5) is 0. The minimum Gasteiger partial charge on any atom is -0.310 e. The molecular weight excluding hydrogens is 218 g/mol. The summed E-state index contributed by atoms with van der Waals surface area (Å²) in [6.07, 6.45) is 5.72. The van der Waals surface area contributed by atoms with E-state index in [1.54, 1.807) is 0 Å². The smallest absolute Gasteiger partial charge is 0.0297 e. The molecule has 1 atom stereocenters. The second-order valence-corrected chi connectivity index (χ2v) is 6.07. The van der Waals surface area contributed by atoms with Crippen molar-refractivity contribution in [3.05, 3.63) is 34.4 Å². The zero-order valence-corrected chi connectivity index (χ0v) is 12.3. The van der Waals surface area contributed by atoms with E-state index in [9.17, 15) is 0 Å². The summed E-state index contributed by atoms with van der Waals surface area (Å²) in [7, 11) is 0. The van der Waals surface area contributed by atoms with Gasteiger partial charge in [-0.3, -0.25) is 0 Å². The van der Waals surface area contributed by atoms with Gasteiger partial charge in [0, 0.05) is 6.04 Å². The van der Waals surface area contributed by atoms with Crippen LogP contribution in [0, 0.1) is 26.7 Å². The van der Waals surface area contributed by atoms with E-state index in [-0.39, 0.29) is 0 Å². The fraction of sp³-hybridized carbons (Fsp3) is 0.647. The standard InChI is InChI=1S/C17H27N/c1-12-10-13(2)17(14(3)11-12)15(4)18-9-8-16-6-5-7-16/h10-11,15-16,18H,5-9H2,1-4H3. The van der Waals surface area contributed by atoms with Crippen LogP contribution in [0.5, 0.6) is 0 Å². The monoisotopic (exact) mass is 245 g/mol. The van der Waals surface area contributed by atoms with Crippen LogP contribution in [0.4, 0.5) is 0 Å². The molecular formula is C17H27N. The van der Waals surface area contributed by atoms with Gasteiger partial charge in [-0.25, -0.2) is 0 Å². The number of benzene rings is 1. The largest absolute Gasteiger partial charge is 0.310 e. The van der Waals surface area contributed by atoms with Crippen molar-refractivity contribution < 1.29 is 0 Å². The van der Waals surface area contributed by atoms with Crippen molar-refractivity contribution in [1.82, 2.24) is 5.32 Å². The third-order valence-electron chi connectivity index (χ3n) is 4.40. The molecule has 0 bridgehead atoms. The van der Waals surface area contributed by atoms with Crippen LogP contribution in [0.2, 0.25) is 0 Å². The molecule has 100 valence electrons. The number of hydrogen-bond acceptors (Lipinski definition) is 1. The van der Waals surface area contributed by atoms with Crippen LogP contribution < -0.4 is 5.32 Å². The second kappa shape index (κ2) is 5.88. The van der Waals surface area contributed by atoms with Crippen LogP contribution in [-0.2, 0) is 0 Å². The van der Waals surface area contributed by atoms with Crippen molar-refractivity contribution >= 4 is 0 Å². The lowest BCUT2D eigenvalue weighted by Gasteiger charge is -2.26. The molecule has 1 unspecified atom stereocenters. The van der Waals surface area contributed by atoms with Gasteiger partial charge in [-0.1, -0.05) is 37.0 Å². The number of nitrogens with one attached hydrogen (secondary N) is 1. The average molecular weight is 245 g/mol. The molecule has 1 N–H and O–H groups in total. The summed E-state index contributed by atoms with van der Waals surface area (Å²) in [6.45, 7) is 10.1. The Kier molecular flexibility index (Phi) is 4.45. The maximum atomic E-state index is 3.70. The number of hydrogen-bond donors (Lipinski definition) is 1. The summed E-state index contributed by atoms with van der Waals surface area (Å²) < 4.78 is 0. The SMILES string of the molecule is Cc1cc(C)c(C(C)NCCC2CCC2)c(C)c1. The molecule has 0 heterocycles. The summed E-state index contributed by atoms with van der Waals surface area (Å²) in [5.74, 6) is 1.00. The van der Waals surface area contributed by atoms with Crippen molar-refractivity contribution in [3.8, 4) is 0 Å². The first-order valence-electron chi connectivity index (χ1n) is 7.39. The summed E-state index contributed by atoms with van der Waals surface area (Å²) in [5, 5.41) is 3.70. The highest BCUT2D eigenvalue weighted by Gasteiger charge is 2.17. The van der Waals surface area contributed by atoms with Gasteiger partial charge in [0.2, 0.25) is 0 Å². The molecule has 1 heteroatoms. The molecule has 1 nitrogen and oxygen atoms in total. The van der Waals surface area contributed by atoms with Gasteiger partial charge >= 0.3 is 0 Å². The van der Waals surface area contributed by atoms with E-state index >= 15 is 0 Å². The minimum absolute atomic E-state index is 0.477. The highest BCUT2D eigenvalue weighted by atomic mass is 14.9. The van der Waals surface area contributed by atoms with Crippen LogP contribution in [0.15, 0.2) is 12.1 Å². The summed E-state index contributed by atoms with van der Waals surface area (Å²) >= 11 is 0. The zero-order valence-electron chi connectivity index (χ0n) is 12.3. The Bertz CT molecular complexity index is 381. The Hall–Kier alpha value is -0.820. The van der Waals surface area contributed by atoms with Gasteiger partial charge in [-0.05, 0) is 63.3 Å². The lowest BCUT2D eigenvalue weighted by Crippen LogP contribution is -2.25.